The van der Waals surface area contributed by atoms with Crippen LogP contribution in [0.2, 0.25) is 0 Å². The van der Waals surface area contributed by atoms with E-state index in [1.54, 1.807) is 6.07 Å². The second-order valence-corrected chi connectivity index (χ2v) is 5.07. The third-order valence-corrected chi connectivity index (χ3v) is 4.11. The van der Waals surface area contributed by atoms with E-state index in [2.05, 4.69) is 0 Å². The minimum atomic E-state index is -1.21. The summed E-state index contributed by atoms with van der Waals surface area (Å²) in [6.07, 6.45) is 1.69. The fraction of sp³-hybridized carbons (Fsp3) is 0.455. The summed E-state index contributed by atoms with van der Waals surface area (Å²) in [6, 6.07) is 1.76. The van der Waals surface area contributed by atoms with Crippen molar-refractivity contribution >= 4 is 23.3 Å². The smallest absolute Gasteiger partial charge is 0.314 e. The molecule has 0 aromatic carbocycles. The van der Waals surface area contributed by atoms with Crippen LogP contribution in [0.3, 0.4) is 0 Å². The predicted molar refractivity (Wildman–Crippen MR) is 58.8 cm³/mol. The van der Waals surface area contributed by atoms with E-state index in [0.29, 0.717) is 12.0 Å². The lowest BCUT2D eigenvalue weighted by atomic mass is 9.70. The Morgan fingerprint density at radius 3 is 2.81 bits per heavy atom. The van der Waals surface area contributed by atoms with Crippen LogP contribution >= 0.6 is 11.3 Å². The van der Waals surface area contributed by atoms with Gasteiger partial charge in [-0.3, -0.25) is 9.59 Å². The van der Waals surface area contributed by atoms with Crippen LogP contribution in [0.15, 0.2) is 11.4 Å². The highest BCUT2D eigenvalue weighted by molar-refractivity contribution is 7.10. The number of rotatable bonds is 3. The predicted octanol–water partition coefficient (Wildman–Crippen LogP) is 1.88. The van der Waals surface area contributed by atoms with Crippen molar-refractivity contribution in [2.45, 2.75) is 31.1 Å². The second-order valence-electron chi connectivity index (χ2n) is 4.07. The molecule has 0 saturated carbocycles. The molecule has 1 aromatic heterocycles. The Balaban J connectivity index is 2.49. The van der Waals surface area contributed by atoms with Gasteiger partial charge in [0, 0.05) is 4.88 Å². The van der Waals surface area contributed by atoms with Crippen molar-refractivity contribution in [2.75, 3.05) is 0 Å². The highest BCUT2D eigenvalue weighted by Crippen LogP contribution is 2.42. The molecule has 0 radical (unpaired) electrons. The van der Waals surface area contributed by atoms with Gasteiger partial charge in [-0.2, -0.15) is 0 Å². The van der Waals surface area contributed by atoms with Gasteiger partial charge in [0.05, 0.1) is 6.42 Å². The molecule has 4 nitrogen and oxygen atoms in total. The first-order chi connectivity index (χ1) is 7.56. The molecule has 0 saturated heterocycles. The van der Waals surface area contributed by atoms with Gasteiger partial charge in [-0.25, -0.2) is 0 Å². The Bertz CT molecular complexity index is 437. The molecule has 1 heterocycles. The molecule has 0 aliphatic heterocycles. The minimum absolute atomic E-state index is 0.327. The Kier molecular flexibility index (Phi) is 2.71. The number of hydrogen-bond acceptors (Lipinski definition) is 3. The zero-order chi connectivity index (χ0) is 11.8. The summed E-state index contributed by atoms with van der Waals surface area (Å²) in [5, 5.41) is 20.1. The molecule has 1 aliphatic rings. The van der Waals surface area contributed by atoms with Crippen molar-refractivity contribution in [3.05, 3.63) is 21.9 Å². The fourth-order valence-corrected chi connectivity index (χ4v) is 3.41. The largest absolute Gasteiger partial charge is 0.481 e. The molecule has 5 heteroatoms. The van der Waals surface area contributed by atoms with E-state index < -0.39 is 17.4 Å². The first-order valence-corrected chi connectivity index (χ1v) is 5.96. The Labute approximate surface area is 96.5 Å². The van der Waals surface area contributed by atoms with Gasteiger partial charge < -0.3 is 10.2 Å². The number of fused-ring (bicyclic) bond motifs is 1. The summed E-state index contributed by atoms with van der Waals surface area (Å²) in [6.45, 7) is 0. The van der Waals surface area contributed by atoms with Gasteiger partial charge in [0.1, 0.15) is 5.41 Å². The van der Waals surface area contributed by atoms with E-state index in [4.69, 9.17) is 5.11 Å². The van der Waals surface area contributed by atoms with Crippen molar-refractivity contribution in [3.8, 4) is 0 Å². The highest BCUT2D eigenvalue weighted by atomic mass is 32.1. The minimum Gasteiger partial charge on any atom is -0.481 e. The Morgan fingerprint density at radius 1 is 1.44 bits per heavy atom. The van der Waals surface area contributed by atoms with Gasteiger partial charge in [-0.15, -0.1) is 11.3 Å². The van der Waals surface area contributed by atoms with Crippen LogP contribution in [0.5, 0.6) is 0 Å². The molecular weight excluding hydrogens is 228 g/mol. The summed E-state index contributed by atoms with van der Waals surface area (Å²) in [5.41, 5.74) is -0.502. The topological polar surface area (TPSA) is 74.6 Å². The standard InChI is InChI=1S/C11H12O4S/c12-9(13)6-11(10(14)15)4-1-2-8-7(11)3-5-16-8/h3,5H,1-2,4,6H2,(H,12,13)(H,14,15). The van der Waals surface area contributed by atoms with Crippen LogP contribution in [0.4, 0.5) is 0 Å². The van der Waals surface area contributed by atoms with Gasteiger partial charge in [-0.1, -0.05) is 0 Å². The summed E-state index contributed by atoms with van der Waals surface area (Å²) in [4.78, 5) is 23.3. The second kappa shape index (κ2) is 3.90. The van der Waals surface area contributed by atoms with Gasteiger partial charge in [-0.05, 0) is 36.3 Å². The van der Waals surface area contributed by atoms with Crippen LogP contribution in [0, 0.1) is 0 Å². The van der Waals surface area contributed by atoms with Gasteiger partial charge in [0.15, 0.2) is 0 Å². The number of aliphatic carboxylic acids is 2. The fourth-order valence-electron chi connectivity index (χ4n) is 2.39. The van der Waals surface area contributed by atoms with E-state index in [9.17, 15) is 14.7 Å². The molecule has 0 amide bonds. The van der Waals surface area contributed by atoms with Gasteiger partial charge in [0.25, 0.3) is 0 Å². The van der Waals surface area contributed by atoms with Crippen LogP contribution in [0.1, 0.15) is 29.7 Å². The van der Waals surface area contributed by atoms with E-state index in [0.717, 1.165) is 17.7 Å². The van der Waals surface area contributed by atoms with Gasteiger partial charge in [0.2, 0.25) is 0 Å². The molecule has 1 atom stereocenters. The number of carboxylic acid groups (broad SMARTS) is 2. The quantitative estimate of drug-likeness (QED) is 0.846. The first kappa shape index (κ1) is 11.1. The first-order valence-electron chi connectivity index (χ1n) is 5.08. The molecule has 0 spiro atoms. The maximum Gasteiger partial charge on any atom is 0.314 e. The van der Waals surface area contributed by atoms with Crippen molar-refractivity contribution in [2.24, 2.45) is 0 Å². The average Bonchev–Trinajstić information content (AvgIpc) is 2.65. The lowest BCUT2D eigenvalue weighted by Crippen LogP contribution is -2.40. The summed E-state index contributed by atoms with van der Waals surface area (Å²) < 4.78 is 0. The highest BCUT2D eigenvalue weighted by Gasteiger charge is 2.45. The van der Waals surface area contributed by atoms with Crippen molar-refractivity contribution in [3.63, 3.8) is 0 Å². The third-order valence-electron chi connectivity index (χ3n) is 3.13. The van der Waals surface area contributed by atoms with Crippen LogP contribution in [-0.4, -0.2) is 22.2 Å². The molecule has 0 fully saturated rings. The maximum atomic E-state index is 11.4. The lowest BCUT2D eigenvalue weighted by molar-refractivity contribution is -0.151. The van der Waals surface area contributed by atoms with Crippen LogP contribution in [-0.2, 0) is 21.4 Å². The number of thiophene rings is 1. The van der Waals surface area contributed by atoms with E-state index in [1.165, 1.54) is 11.3 Å². The summed E-state index contributed by atoms with van der Waals surface area (Å²) in [5.74, 6) is -2.07. The SMILES string of the molecule is O=C(O)CC1(C(=O)O)CCCc2sccc21. The molecule has 86 valence electrons. The number of carbonyl (C=O) groups is 2. The molecule has 2 N–H and O–H groups in total. The van der Waals surface area contributed by atoms with E-state index in [1.807, 2.05) is 5.38 Å². The summed E-state index contributed by atoms with van der Waals surface area (Å²) >= 11 is 1.52. The van der Waals surface area contributed by atoms with Crippen molar-refractivity contribution < 1.29 is 19.8 Å². The van der Waals surface area contributed by atoms with Crippen LogP contribution in [0.25, 0.3) is 0 Å². The van der Waals surface area contributed by atoms with Crippen LogP contribution < -0.4 is 0 Å². The molecule has 16 heavy (non-hydrogen) atoms. The van der Waals surface area contributed by atoms with Crippen molar-refractivity contribution in [1.29, 1.82) is 0 Å². The maximum absolute atomic E-state index is 11.4. The monoisotopic (exact) mass is 240 g/mol. The molecule has 1 aromatic rings. The molecule has 0 bridgehead atoms. The lowest BCUT2D eigenvalue weighted by Gasteiger charge is -2.32. The Hall–Kier alpha value is -1.36. The number of aryl methyl sites for hydroxylation is 1. The molecular formula is C11H12O4S. The Morgan fingerprint density at radius 2 is 2.19 bits per heavy atom. The number of hydrogen-bond donors (Lipinski definition) is 2. The van der Waals surface area contributed by atoms with Gasteiger partial charge >= 0.3 is 11.9 Å². The zero-order valence-corrected chi connectivity index (χ0v) is 9.42. The van der Waals surface area contributed by atoms with E-state index in [-0.39, 0.29) is 6.42 Å². The normalized spacial score (nSPS) is 23.8. The molecule has 1 unspecified atom stereocenters. The number of carboxylic acids is 2. The molecule has 1 aliphatic carbocycles. The zero-order valence-electron chi connectivity index (χ0n) is 8.60. The van der Waals surface area contributed by atoms with Crippen molar-refractivity contribution in [1.82, 2.24) is 0 Å². The summed E-state index contributed by atoms with van der Waals surface area (Å²) in [7, 11) is 0. The molecule has 2 rings (SSSR count). The average molecular weight is 240 g/mol. The third kappa shape index (κ3) is 1.61. The van der Waals surface area contributed by atoms with E-state index >= 15 is 0 Å².